The van der Waals surface area contributed by atoms with Gasteiger partial charge in [0.25, 0.3) is 0 Å². The Labute approximate surface area is 71.2 Å². The monoisotopic (exact) mass is 174 g/mol. The molecule has 0 aromatic carbocycles. The molecule has 0 heterocycles. The van der Waals surface area contributed by atoms with Crippen molar-refractivity contribution in [1.82, 2.24) is 0 Å². The third kappa shape index (κ3) is 4.71. The van der Waals surface area contributed by atoms with Crippen LogP contribution in [0.15, 0.2) is 0 Å². The van der Waals surface area contributed by atoms with Crippen molar-refractivity contribution in [3.8, 4) is 0 Å². The van der Waals surface area contributed by atoms with E-state index in [2.05, 4.69) is 0 Å². The molecular formula is C8H14O4. The summed E-state index contributed by atoms with van der Waals surface area (Å²) in [5, 5.41) is 16.9. The van der Waals surface area contributed by atoms with E-state index in [0.717, 1.165) is 0 Å². The molecule has 0 radical (unpaired) electrons. The SMILES string of the molecule is CC(CC(=O)O)CC(C)C(=O)O. The van der Waals surface area contributed by atoms with Crippen LogP contribution < -0.4 is 0 Å². The van der Waals surface area contributed by atoms with Crippen LogP contribution in [0.2, 0.25) is 0 Å². The Morgan fingerprint density at radius 2 is 1.75 bits per heavy atom. The molecular weight excluding hydrogens is 160 g/mol. The number of carboxylic acid groups (broad SMARTS) is 2. The summed E-state index contributed by atoms with van der Waals surface area (Å²) in [5.74, 6) is -2.28. The van der Waals surface area contributed by atoms with E-state index < -0.39 is 17.9 Å². The Bertz CT molecular complexity index is 176. The van der Waals surface area contributed by atoms with Gasteiger partial charge in [0, 0.05) is 6.42 Å². The van der Waals surface area contributed by atoms with Gasteiger partial charge >= 0.3 is 11.9 Å². The van der Waals surface area contributed by atoms with Gasteiger partial charge in [-0.15, -0.1) is 0 Å². The first-order chi connectivity index (χ1) is 5.43. The van der Waals surface area contributed by atoms with E-state index in [1.165, 1.54) is 0 Å². The van der Waals surface area contributed by atoms with Crippen LogP contribution >= 0.6 is 0 Å². The normalized spacial score (nSPS) is 15.2. The van der Waals surface area contributed by atoms with Crippen LogP contribution in [0.3, 0.4) is 0 Å². The highest BCUT2D eigenvalue weighted by Crippen LogP contribution is 2.14. The minimum absolute atomic E-state index is 0.0393. The van der Waals surface area contributed by atoms with Gasteiger partial charge in [-0.1, -0.05) is 13.8 Å². The maximum absolute atomic E-state index is 10.4. The lowest BCUT2D eigenvalue weighted by Gasteiger charge is -2.11. The third-order valence-corrected chi connectivity index (χ3v) is 1.70. The zero-order valence-corrected chi connectivity index (χ0v) is 7.28. The smallest absolute Gasteiger partial charge is 0.306 e. The zero-order chi connectivity index (χ0) is 9.72. The molecule has 0 aliphatic rings. The molecule has 0 saturated carbocycles. The molecule has 4 heteroatoms. The molecule has 0 bridgehead atoms. The molecule has 12 heavy (non-hydrogen) atoms. The lowest BCUT2D eigenvalue weighted by molar-refractivity contribution is -0.143. The van der Waals surface area contributed by atoms with Crippen molar-refractivity contribution in [2.75, 3.05) is 0 Å². The Kier molecular flexibility index (Phi) is 4.33. The van der Waals surface area contributed by atoms with Crippen LogP contribution in [0, 0.1) is 11.8 Å². The Balaban J connectivity index is 3.76. The number of aliphatic carboxylic acids is 2. The van der Waals surface area contributed by atoms with Crippen molar-refractivity contribution in [1.29, 1.82) is 0 Å². The minimum Gasteiger partial charge on any atom is -0.481 e. The highest BCUT2D eigenvalue weighted by molar-refractivity contribution is 5.70. The van der Waals surface area contributed by atoms with E-state index in [-0.39, 0.29) is 12.3 Å². The van der Waals surface area contributed by atoms with Gasteiger partial charge in [-0.2, -0.15) is 0 Å². The first-order valence-electron chi connectivity index (χ1n) is 3.88. The van der Waals surface area contributed by atoms with Crippen molar-refractivity contribution in [2.24, 2.45) is 11.8 Å². The summed E-state index contributed by atoms with van der Waals surface area (Å²) in [6.07, 6.45) is 0.458. The van der Waals surface area contributed by atoms with Crippen molar-refractivity contribution in [3.05, 3.63) is 0 Å². The summed E-state index contributed by atoms with van der Waals surface area (Å²) < 4.78 is 0. The second kappa shape index (κ2) is 4.74. The summed E-state index contributed by atoms with van der Waals surface area (Å²) in [4.78, 5) is 20.6. The van der Waals surface area contributed by atoms with E-state index in [1.54, 1.807) is 13.8 Å². The van der Waals surface area contributed by atoms with E-state index in [0.29, 0.717) is 6.42 Å². The molecule has 0 aliphatic carbocycles. The molecule has 0 rings (SSSR count). The highest BCUT2D eigenvalue weighted by atomic mass is 16.4. The number of rotatable bonds is 5. The largest absolute Gasteiger partial charge is 0.481 e. The van der Waals surface area contributed by atoms with Crippen LogP contribution in [0.1, 0.15) is 26.7 Å². The fraction of sp³-hybridized carbons (Fsp3) is 0.750. The van der Waals surface area contributed by atoms with Crippen LogP contribution in [0.4, 0.5) is 0 Å². The van der Waals surface area contributed by atoms with Crippen molar-refractivity contribution < 1.29 is 19.8 Å². The van der Waals surface area contributed by atoms with Crippen LogP contribution in [-0.4, -0.2) is 22.2 Å². The van der Waals surface area contributed by atoms with Crippen LogP contribution in [0.5, 0.6) is 0 Å². The van der Waals surface area contributed by atoms with Gasteiger partial charge in [0.15, 0.2) is 0 Å². The summed E-state index contributed by atoms with van der Waals surface area (Å²) in [6, 6.07) is 0. The second-order valence-electron chi connectivity index (χ2n) is 3.18. The summed E-state index contributed by atoms with van der Waals surface area (Å²) >= 11 is 0. The summed E-state index contributed by atoms with van der Waals surface area (Å²) in [7, 11) is 0. The van der Waals surface area contributed by atoms with Gasteiger partial charge in [0.2, 0.25) is 0 Å². The lowest BCUT2D eigenvalue weighted by Crippen LogP contribution is -2.15. The van der Waals surface area contributed by atoms with Crippen molar-refractivity contribution >= 4 is 11.9 Å². The number of hydrogen-bond acceptors (Lipinski definition) is 2. The standard InChI is InChI=1S/C8H14O4/c1-5(4-7(9)10)3-6(2)8(11)12/h5-6H,3-4H2,1-2H3,(H,9,10)(H,11,12). The maximum atomic E-state index is 10.4. The average Bonchev–Trinajstić information content (AvgIpc) is 1.84. The molecule has 70 valence electrons. The third-order valence-electron chi connectivity index (χ3n) is 1.70. The van der Waals surface area contributed by atoms with E-state index in [9.17, 15) is 9.59 Å². The maximum Gasteiger partial charge on any atom is 0.306 e. The van der Waals surface area contributed by atoms with Crippen LogP contribution in [0.25, 0.3) is 0 Å². The molecule has 0 amide bonds. The Hall–Kier alpha value is -1.06. The van der Waals surface area contributed by atoms with Gasteiger partial charge in [0.05, 0.1) is 5.92 Å². The summed E-state index contributed by atoms with van der Waals surface area (Å²) in [6.45, 7) is 3.33. The number of carboxylic acids is 2. The zero-order valence-electron chi connectivity index (χ0n) is 7.28. The quantitative estimate of drug-likeness (QED) is 0.656. The van der Waals surface area contributed by atoms with Crippen LogP contribution in [-0.2, 0) is 9.59 Å². The van der Waals surface area contributed by atoms with Gasteiger partial charge < -0.3 is 10.2 Å². The molecule has 0 aliphatic heterocycles. The molecule has 0 fully saturated rings. The van der Waals surface area contributed by atoms with Gasteiger partial charge in [-0.05, 0) is 12.3 Å². The van der Waals surface area contributed by atoms with E-state index >= 15 is 0 Å². The molecule has 4 nitrogen and oxygen atoms in total. The highest BCUT2D eigenvalue weighted by Gasteiger charge is 2.16. The molecule has 0 saturated heterocycles. The van der Waals surface area contributed by atoms with E-state index in [4.69, 9.17) is 10.2 Å². The fourth-order valence-electron chi connectivity index (χ4n) is 1.09. The molecule has 2 atom stereocenters. The van der Waals surface area contributed by atoms with Gasteiger partial charge in [0.1, 0.15) is 0 Å². The lowest BCUT2D eigenvalue weighted by atomic mass is 9.95. The van der Waals surface area contributed by atoms with E-state index in [1.807, 2.05) is 0 Å². The molecule has 0 aromatic rings. The molecule has 0 spiro atoms. The first-order valence-corrected chi connectivity index (χ1v) is 3.88. The Morgan fingerprint density at radius 3 is 2.08 bits per heavy atom. The van der Waals surface area contributed by atoms with Gasteiger partial charge in [-0.25, -0.2) is 0 Å². The number of carbonyl (C=O) groups is 2. The second-order valence-corrected chi connectivity index (χ2v) is 3.18. The Morgan fingerprint density at radius 1 is 1.25 bits per heavy atom. The van der Waals surface area contributed by atoms with Crippen molar-refractivity contribution in [3.63, 3.8) is 0 Å². The molecule has 0 aromatic heterocycles. The average molecular weight is 174 g/mol. The molecule has 2 unspecified atom stereocenters. The molecule has 2 N–H and O–H groups in total. The minimum atomic E-state index is -0.875. The van der Waals surface area contributed by atoms with Gasteiger partial charge in [-0.3, -0.25) is 9.59 Å². The predicted octanol–water partition coefficient (Wildman–Crippen LogP) is 1.21. The number of hydrogen-bond donors (Lipinski definition) is 2. The first kappa shape index (κ1) is 10.9. The predicted molar refractivity (Wildman–Crippen MR) is 42.8 cm³/mol. The summed E-state index contributed by atoms with van der Waals surface area (Å²) in [5.41, 5.74) is 0. The van der Waals surface area contributed by atoms with Crippen molar-refractivity contribution in [2.45, 2.75) is 26.7 Å². The fourth-order valence-corrected chi connectivity index (χ4v) is 1.09. The topological polar surface area (TPSA) is 74.6 Å².